The molecule has 0 aliphatic heterocycles. The Hall–Kier alpha value is -2.39. The molecule has 1 heterocycles. The smallest absolute Gasteiger partial charge is 0.258 e. The number of sulfonamides is 1. The Labute approximate surface area is 154 Å². The summed E-state index contributed by atoms with van der Waals surface area (Å²) in [5.74, 6) is -0.352. The predicted octanol–water partition coefficient (Wildman–Crippen LogP) is 2.13. The van der Waals surface area contributed by atoms with Gasteiger partial charge >= 0.3 is 0 Å². The molecule has 0 spiro atoms. The average Bonchev–Trinajstić information content (AvgIpc) is 3.04. The molecular weight excluding hydrogens is 354 g/mol. The van der Waals surface area contributed by atoms with E-state index in [1.807, 2.05) is 6.92 Å². The highest BCUT2D eigenvalue weighted by Gasteiger charge is 2.23. The van der Waals surface area contributed by atoms with Crippen LogP contribution in [0.4, 0.5) is 11.4 Å². The number of nitrogens with one attached hydrogen (secondary N) is 2. The van der Waals surface area contributed by atoms with Crippen molar-refractivity contribution in [1.82, 2.24) is 14.1 Å². The van der Waals surface area contributed by atoms with Crippen LogP contribution in [0.2, 0.25) is 0 Å². The quantitative estimate of drug-likeness (QED) is 0.732. The highest BCUT2D eigenvalue weighted by molar-refractivity contribution is 7.89. The summed E-state index contributed by atoms with van der Waals surface area (Å²) in [4.78, 5) is 12.6. The van der Waals surface area contributed by atoms with Gasteiger partial charge in [-0.3, -0.25) is 9.48 Å². The van der Waals surface area contributed by atoms with Gasteiger partial charge in [-0.1, -0.05) is 13.8 Å². The molecule has 1 aromatic carbocycles. The second-order valence-electron chi connectivity index (χ2n) is 5.68. The molecule has 0 radical (unpaired) electrons. The van der Waals surface area contributed by atoms with Crippen molar-refractivity contribution in [3.63, 3.8) is 0 Å². The maximum absolute atomic E-state index is 12.8. The number of rotatable bonds is 8. The number of nitrogens with zero attached hydrogens (tertiary/aromatic N) is 3. The Balaban J connectivity index is 2.41. The summed E-state index contributed by atoms with van der Waals surface area (Å²) >= 11 is 0. The lowest BCUT2D eigenvalue weighted by Crippen LogP contribution is -2.30. The van der Waals surface area contributed by atoms with Gasteiger partial charge in [0.05, 0.1) is 28.0 Å². The monoisotopic (exact) mass is 379 g/mol. The Kier molecular flexibility index (Phi) is 6.38. The van der Waals surface area contributed by atoms with Gasteiger partial charge in [0.25, 0.3) is 5.91 Å². The second-order valence-corrected chi connectivity index (χ2v) is 7.62. The van der Waals surface area contributed by atoms with Crippen LogP contribution in [-0.4, -0.2) is 48.0 Å². The molecule has 9 heteroatoms. The van der Waals surface area contributed by atoms with Crippen molar-refractivity contribution in [2.45, 2.75) is 25.7 Å². The van der Waals surface area contributed by atoms with E-state index in [1.54, 1.807) is 39.2 Å². The molecule has 142 valence electrons. The van der Waals surface area contributed by atoms with Crippen LogP contribution in [0.5, 0.6) is 0 Å². The molecule has 26 heavy (non-hydrogen) atoms. The van der Waals surface area contributed by atoms with E-state index in [4.69, 9.17) is 0 Å². The summed E-state index contributed by atoms with van der Waals surface area (Å²) in [5.41, 5.74) is 1.46. The molecule has 0 saturated carbocycles. The van der Waals surface area contributed by atoms with Gasteiger partial charge < -0.3 is 10.6 Å². The zero-order chi connectivity index (χ0) is 19.3. The van der Waals surface area contributed by atoms with Crippen LogP contribution in [0.15, 0.2) is 35.5 Å². The number of hydrogen-bond donors (Lipinski definition) is 2. The average molecular weight is 379 g/mol. The van der Waals surface area contributed by atoms with E-state index >= 15 is 0 Å². The van der Waals surface area contributed by atoms with Gasteiger partial charge in [0, 0.05) is 32.9 Å². The van der Waals surface area contributed by atoms with Crippen LogP contribution < -0.4 is 10.6 Å². The molecule has 0 fully saturated rings. The molecule has 1 amide bonds. The van der Waals surface area contributed by atoms with E-state index in [0.717, 1.165) is 0 Å². The summed E-state index contributed by atoms with van der Waals surface area (Å²) in [6.45, 7) is 6.90. The minimum Gasteiger partial charge on any atom is -0.384 e. The van der Waals surface area contributed by atoms with Crippen molar-refractivity contribution in [1.29, 1.82) is 0 Å². The van der Waals surface area contributed by atoms with Crippen LogP contribution in [0.3, 0.4) is 0 Å². The number of amides is 1. The van der Waals surface area contributed by atoms with Crippen molar-refractivity contribution < 1.29 is 13.2 Å². The van der Waals surface area contributed by atoms with Crippen LogP contribution in [-0.2, 0) is 17.1 Å². The molecule has 0 unspecified atom stereocenters. The molecule has 0 aliphatic carbocycles. The zero-order valence-electron chi connectivity index (χ0n) is 15.5. The standard InChI is InChI=1S/C17H25N5O3S/c1-5-18-15-9-8-14(26(24,25)22(6-2)7-3)10-16(15)20-17(23)13-11-19-21(4)12-13/h8-12,18H,5-7H2,1-4H3,(H,20,23). The Morgan fingerprint density at radius 1 is 1.19 bits per heavy atom. The van der Waals surface area contributed by atoms with Gasteiger partial charge in [0.1, 0.15) is 0 Å². The lowest BCUT2D eigenvalue weighted by atomic mass is 10.2. The lowest BCUT2D eigenvalue weighted by molar-refractivity contribution is 0.102. The van der Waals surface area contributed by atoms with Gasteiger partial charge in [-0.25, -0.2) is 8.42 Å². The van der Waals surface area contributed by atoms with Crippen molar-refractivity contribution >= 4 is 27.3 Å². The fourth-order valence-corrected chi connectivity index (χ4v) is 4.06. The molecule has 8 nitrogen and oxygen atoms in total. The molecule has 0 bridgehead atoms. The minimum absolute atomic E-state index is 0.143. The van der Waals surface area contributed by atoms with E-state index in [2.05, 4.69) is 15.7 Å². The number of aromatic nitrogens is 2. The van der Waals surface area contributed by atoms with E-state index < -0.39 is 10.0 Å². The van der Waals surface area contributed by atoms with Crippen molar-refractivity contribution in [2.24, 2.45) is 7.05 Å². The fraction of sp³-hybridized carbons (Fsp3) is 0.412. The number of benzene rings is 1. The first-order valence-corrected chi connectivity index (χ1v) is 9.95. The lowest BCUT2D eigenvalue weighted by Gasteiger charge is -2.20. The highest BCUT2D eigenvalue weighted by atomic mass is 32.2. The number of anilines is 2. The Morgan fingerprint density at radius 3 is 2.42 bits per heavy atom. The molecular formula is C17H25N5O3S. The molecule has 1 aromatic heterocycles. The van der Waals surface area contributed by atoms with Crippen molar-refractivity contribution in [2.75, 3.05) is 30.3 Å². The van der Waals surface area contributed by atoms with Crippen LogP contribution >= 0.6 is 0 Å². The van der Waals surface area contributed by atoms with Gasteiger partial charge in [-0.15, -0.1) is 0 Å². The Morgan fingerprint density at radius 2 is 1.88 bits per heavy atom. The largest absolute Gasteiger partial charge is 0.384 e. The molecule has 2 aromatic rings. The third-order valence-electron chi connectivity index (χ3n) is 3.92. The number of carbonyl (C=O) groups is 1. The maximum Gasteiger partial charge on any atom is 0.258 e. The van der Waals surface area contributed by atoms with Crippen LogP contribution in [0.1, 0.15) is 31.1 Å². The fourth-order valence-electron chi connectivity index (χ4n) is 2.58. The van der Waals surface area contributed by atoms with Crippen LogP contribution in [0, 0.1) is 0 Å². The first kappa shape index (κ1) is 19.9. The van der Waals surface area contributed by atoms with E-state index in [-0.39, 0.29) is 10.8 Å². The zero-order valence-corrected chi connectivity index (χ0v) is 16.3. The van der Waals surface area contributed by atoms with E-state index in [9.17, 15) is 13.2 Å². The number of hydrogen-bond acceptors (Lipinski definition) is 5. The summed E-state index contributed by atoms with van der Waals surface area (Å²) < 4.78 is 28.4. The van der Waals surface area contributed by atoms with Gasteiger partial charge in [0.2, 0.25) is 10.0 Å². The normalized spacial score (nSPS) is 11.6. The Bertz CT molecular complexity index is 872. The molecule has 0 atom stereocenters. The second kappa shape index (κ2) is 8.33. The van der Waals surface area contributed by atoms with Crippen molar-refractivity contribution in [3.8, 4) is 0 Å². The summed E-state index contributed by atoms with van der Waals surface area (Å²) in [6, 6.07) is 4.70. The van der Waals surface area contributed by atoms with Gasteiger partial charge in [0.15, 0.2) is 0 Å². The molecule has 2 rings (SSSR count). The maximum atomic E-state index is 12.8. The van der Waals surface area contributed by atoms with Crippen LogP contribution in [0.25, 0.3) is 0 Å². The first-order valence-electron chi connectivity index (χ1n) is 8.51. The summed E-state index contributed by atoms with van der Waals surface area (Å²) in [5, 5.41) is 9.88. The SMILES string of the molecule is CCNc1ccc(S(=O)(=O)N(CC)CC)cc1NC(=O)c1cnn(C)c1. The van der Waals surface area contributed by atoms with Gasteiger partial charge in [-0.2, -0.15) is 9.40 Å². The van der Waals surface area contributed by atoms with E-state index in [0.29, 0.717) is 36.6 Å². The summed E-state index contributed by atoms with van der Waals surface area (Å²) in [7, 11) is -1.89. The van der Waals surface area contributed by atoms with E-state index in [1.165, 1.54) is 21.3 Å². The summed E-state index contributed by atoms with van der Waals surface area (Å²) in [6.07, 6.45) is 3.05. The predicted molar refractivity (Wildman–Crippen MR) is 102 cm³/mol. The molecule has 0 aliphatic rings. The molecule has 0 saturated heterocycles. The third-order valence-corrected chi connectivity index (χ3v) is 5.96. The highest BCUT2D eigenvalue weighted by Crippen LogP contribution is 2.27. The van der Waals surface area contributed by atoms with Gasteiger partial charge in [-0.05, 0) is 25.1 Å². The molecule has 2 N–H and O–H groups in total. The minimum atomic E-state index is -3.61. The number of aryl methyl sites for hydroxylation is 1. The first-order chi connectivity index (χ1) is 12.3. The number of carbonyl (C=O) groups excluding carboxylic acids is 1. The van der Waals surface area contributed by atoms with Crippen molar-refractivity contribution in [3.05, 3.63) is 36.2 Å². The topological polar surface area (TPSA) is 96.3 Å². The third kappa shape index (κ3) is 4.23.